The number of esters is 1. The monoisotopic (exact) mass is 411 g/mol. The van der Waals surface area contributed by atoms with Crippen molar-refractivity contribution in [2.24, 2.45) is 0 Å². The summed E-state index contributed by atoms with van der Waals surface area (Å²) in [6, 6.07) is 13.7. The van der Waals surface area contributed by atoms with Crippen LogP contribution >= 0.6 is 0 Å². The zero-order valence-electron chi connectivity index (χ0n) is 17.1. The molecule has 158 valence electrons. The lowest BCUT2D eigenvalue weighted by Gasteiger charge is -2.22. The van der Waals surface area contributed by atoms with E-state index in [0.717, 1.165) is 11.3 Å². The first kappa shape index (κ1) is 21.2. The Bertz CT molecular complexity index is 913. The van der Waals surface area contributed by atoms with Gasteiger partial charge in [0.25, 0.3) is 0 Å². The first-order chi connectivity index (χ1) is 14.5. The molecule has 1 heterocycles. The minimum atomic E-state index is -0.538. The number of anilines is 1. The first-order valence-electron chi connectivity index (χ1n) is 9.66. The summed E-state index contributed by atoms with van der Waals surface area (Å²) >= 11 is 0. The number of hydrogen-bond acceptors (Lipinski definition) is 5. The average Bonchev–Trinajstić information content (AvgIpc) is 2.95. The van der Waals surface area contributed by atoms with Crippen LogP contribution in [0.2, 0.25) is 0 Å². The van der Waals surface area contributed by atoms with Gasteiger partial charge in [-0.2, -0.15) is 0 Å². The van der Waals surface area contributed by atoms with Crippen molar-refractivity contribution >= 4 is 23.6 Å². The van der Waals surface area contributed by atoms with Crippen LogP contribution in [0.3, 0.4) is 0 Å². The topological polar surface area (TPSA) is 88.2 Å². The zero-order valence-corrected chi connectivity index (χ0v) is 17.1. The molecular weight excluding hydrogens is 386 g/mol. The molecule has 0 radical (unpaired) electrons. The highest BCUT2D eigenvalue weighted by Crippen LogP contribution is 2.18. The molecule has 1 N–H and O–H groups in total. The van der Waals surface area contributed by atoms with Crippen LogP contribution in [0.4, 0.5) is 10.5 Å². The molecule has 0 spiro atoms. The van der Waals surface area contributed by atoms with Gasteiger partial charge in [-0.15, -0.1) is 0 Å². The number of ether oxygens (including phenoxy) is 2. The van der Waals surface area contributed by atoms with Crippen LogP contribution in [-0.2, 0) is 16.1 Å². The zero-order chi connectivity index (χ0) is 21.5. The third-order valence-electron chi connectivity index (χ3n) is 4.93. The van der Waals surface area contributed by atoms with Gasteiger partial charge in [0.1, 0.15) is 12.3 Å². The Labute approximate surface area is 175 Å². The van der Waals surface area contributed by atoms with E-state index in [1.165, 1.54) is 12.0 Å². The molecule has 0 aromatic heterocycles. The SMILES string of the molecule is COC(=O)c1ccccc1NC(=O)N1CCCN(Cc2ccc(OC)cc2)C(=O)C1. The molecule has 30 heavy (non-hydrogen) atoms. The summed E-state index contributed by atoms with van der Waals surface area (Å²) in [7, 11) is 2.89. The van der Waals surface area contributed by atoms with Crippen molar-refractivity contribution < 1.29 is 23.9 Å². The van der Waals surface area contributed by atoms with Crippen LogP contribution in [0.5, 0.6) is 5.75 Å². The summed E-state index contributed by atoms with van der Waals surface area (Å²) in [6.07, 6.45) is 0.661. The van der Waals surface area contributed by atoms with Gasteiger partial charge < -0.3 is 24.6 Å². The Kier molecular flexibility index (Phi) is 6.90. The molecule has 1 aliphatic rings. The van der Waals surface area contributed by atoms with E-state index in [1.807, 2.05) is 24.3 Å². The van der Waals surface area contributed by atoms with Crippen molar-refractivity contribution in [2.75, 3.05) is 39.2 Å². The van der Waals surface area contributed by atoms with E-state index in [-0.39, 0.29) is 18.0 Å². The van der Waals surface area contributed by atoms with Crippen LogP contribution in [0.25, 0.3) is 0 Å². The van der Waals surface area contributed by atoms with E-state index in [0.29, 0.717) is 31.7 Å². The quantitative estimate of drug-likeness (QED) is 0.765. The molecular formula is C22H25N3O5. The van der Waals surface area contributed by atoms with Gasteiger partial charge in [-0.05, 0) is 36.2 Å². The lowest BCUT2D eigenvalue weighted by molar-refractivity contribution is -0.131. The van der Waals surface area contributed by atoms with Crippen molar-refractivity contribution in [3.8, 4) is 5.75 Å². The molecule has 0 saturated carbocycles. The second-order valence-corrected chi connectivity index (χ2v) is 6.91. The number of carbonyl (C=O) groups is 3. The van der Waals surface area contributed by atoms with Crippen LogP contribution in [0, 0.1) is 0 Å². The van der Waals surface area contributed by atoms with Crippen molar-refractivity contribution in [1.29, 1.82) is 0 Å². The molecule has 1 saturated heterocycles. The highest BCUT2D eigenvalue weighted by molar-refractivity contribution is 6.01. The van der Waals surface area contributed by atoms with Crippen molar-refractivity contribution in [2.45, 2.75) is 13.0 Å². The molecule has 0 aliphatic carbocycles. The number of amides is 3. The van der Waals surface area contributed by atoms with Gasteiger partial charge in [-0.25, -0.2) is 9.59 Å². The molecule has 8 nitrogen and oxygen atoms in total. The second-order valence-electron chi connectivity index (χ2n) is 6.91. The van der Waals surface area contributed by atoms with Gasteiger partial charge in [0, 0.05) is 19.6 Å². The molecule has 3 amide bonds. The fourth-order valence-electron chi connectivity index (χ4n) is 3.29. The molecule has 3 rings (SSSR count). The molecule has 1 fully saturated rings. The molecule has 8 heteroatoms. The fourth-order valence-corrected chi connectivity index (χ4v) is 3.29. The Hall–Kier alpha value is -3.55. The number of para-hydroxylation sites is 1. The van der Waals surface area contributed by atoms with Crippen LogP contribution in [-0.4, -0.2) is 61.6 Å². The summed E-state index contributed by atoms with van der Waals surface area (Å²) in [6.45, 7) is 1.45. The number of urea groups is 1. The summed E-state index contributed by atoms with van der Waals surface area (Å²) in [5.74, 6) is 0.0965. The maximum absolute atomic E-state index is 12.7. The number of carbonyl (C=O) groups excluding carboxylic acids is 3. The van der Waals surface area contributed by atoms with Gasteiger partial charge in [-0.1, -0.05) is 24.3 Å². The van der Waals surface area contributed by atoms with Crippen molar-refractivity contribution in [3.63, 3.8) is 0 Å². The van der Waals surface area contributed by atoms with E-state index >= 15 is 0 Å². The Morgan fingerprint density at radius 3 is 2.47 bits per heavy atom. The second kappa shape index (κ2) is 9.78. The Balaban J connectivity index is 1.64. The predicted octanol–water partition coefficient (Wildman–Crippen LogP) is 2.75. The maximum atomic E-state index is 12.7. The minimum Gasteiger partial charge on any atom is -0.497 e. The highest BCUT2D eigenvalue weighted by Gasteiger charge is 2.26. The third kappa shape index (κ3) is 5.08. The maximum Gasteiger partial charge on any atom is 0.339 e. The van der Waals surface area contributed by atoms with Gasteiger partial charge >= 0.3 is 12.0 Å². The lowest BCUT2D eigenvalue weighted by Crippen LogP contribution is -2.41. The summed E-state index contributed by atoms with van der Waals surface area (Å²) in [5.41, 5.74) is 1.60. The smallest absolute Gasteiger partial charge is 0.339 e. The number of hydrogen-bond donors (Lipinski definition) is 1. The first-order valence-corrected chi connectivity index (χ1v) is 9.66. The van der Waals surface area contributed by atoms with Crippen molar-refractivity contribution in [3.05, 3.63) is 59.7 Å². The summed E-state index contributed by atoms with van der Waals surface area (Å²) in [5, 5.41) is 2.72. The van der Waals surface area contributed by atoms with Crippen LogP contribution < -0.4 is 10.1 Å². The molecule has 2 aromatic carbocycles. The van der Waals surface area contributed by atoms with Gasteiger partial charge in [0.2, 0.25) is 5.91 Å². The third-order valence-corrected chi connectivity index (χ3v) is 4.93. The highest BCUT2D eigenvalue weighted by atomic mass is 16.5. The van der Waals surface area contributed by atoms with E-state index < -0.39 is 12.0 Å². The van der Waals surface area contributed by atoms with Gasteiger partial charge in [0.05, 0.1) is 25.5 Å². The predicted molar refractivity (Wildman–Crippen MR) is 111 cm³/mol. The number of benzene rings is 2. The van der Waals surface area contributed by atoms with E-state index in [4.69, 9.17) is 9.47 Å². The molecule has 1 aliphatic heterocycles. The molecule has 2 aromatic rings. The Morgan fingerprint density at radius 1 is 1.03 bits per heavy atom. The number of nitrogens with one attached hydrogen (secondary N) is 1. The largest absolute Gasteiger partial charge is 0.497 e. The molecule has 0 bridgehead atoms. The summed E-state index contributed by atoms with van der Waals surface area (Å²) < 4.78 is 9.91. The van der Waals surface area contributed by atoms with E-state index in [2.05, 4.69) is 5.32 Å². The van der Waals surface area contributed by atoms with E-state index in [1.54, 1.807) is 36.3 Å². The molecule has 0 unspecified atom stereocenters. The fraction of sp³-hybridized carbons (Fsp3) is 0.318. The minimum absolute atomic E-state index is 0.0254. The van der Waals surface area contributed by atoms with Crippen LogP contribution in [0.1, 0.15) is 22.3 Å². The van der Waals surface area contributed by atoms with Gasteiger partial charge in [0.15, 0.2) is 0 Å². The Morgan fingerprint density at radius 2 is 1.77 bits per heavy atom. The van der Waals surface area contributed by atoms with Gasteiger partial charge in [-0.3, -0.25) is 4.79 Å². The number of nitrogens with zero attached hydrogens (tertiary/aromatic N) is 2. The average molecular weight is 411 g/mol. The van der Waals surface area contributed by atoms with Crippen molar-refractivity contribution in [1.82, 2.24) is 9.80 Å². The summed E-state index contributed by atoms with van der Waals surface area (Å²) in [4.78, 5) is 40.6. The number of rotatable bonds is 5. The lowest BCUT2D eigenvalue weighted by atomic mass is 10.2. The standard InChI is InChI=1S/C22H25N3O5/c1-29-17-10-8-16(9-11-17)14-24-12-5-13-25(15-20(24)26)22(28)23-19-7-4-3-6-18(19)21(27)30-2/h3-4,6-11H,5,12-15H2,1-2H3,(H,23,28). The van der Waals surface area contributed by atoms with E-state index in [9.17, 15) is 14.4 Å². The normalized spacial score (nSPS) is 14.1. The molecule has 0 atom stereocenters. The number of methoxy groups -OCH3 is 2. The van der Waals surface area contributed by atoms with Crippen LogP contribution in [0.15, 0.2) is 48.5 Å².